The molecule has 0 aliphatic heterocycles. The predicted molar refractivity (Wildman–Crippen MR) is 63.7 cm³/mol. The average Bonchev–Trinajstić information content (AvgIpc) is 2.21. The highest BCUT2D eigenvalue weighted by molar-refractivity contribution is 5.24. The summed E-state index contributed by atoms with van der Waals surface area (Å²) in [6.07, 6.45) is 0.325. The summed E-state index contributed by atoms with van der Waals surface area (Å²) in [5, 5.41) is 13.3. The van der Waals surface area contributed by atoms with Crippen LogP contribution in [0.2, 0.25) is 0 Å². The van der Waals surface area contributed by atoms with Crippen molar-refractivity contribution in [3.8, 4) is 0 Å². The average molecular weight is 243 g/mol. The van der Waals surface area contributed by atoms with Gasteiger partial charge in [-0.3, -0.25) is 0 Å². The maximum Gasteiger partial charge on any atom is 0.164 e. The zero-order chi connectivity index (χ0) is 13.1. The van der Waals surface area contributed by atoms with Crippen molar-refractivity contribution in [2.45, 2.75) is 38.8 Å². The van der Waals surface area contributed by atoms with Gasteiger partial charge in [0.25, 0.3) is 0 Å². The minimum absolute atomic E-state index is 0.00283. The van der Waals surface area contributed by atoms with Crippen molar-refractivity contribution in [2.24, 2.45) is 0 Å². The Morgan fingerprint density at radius 1 is 1.35 bits per heavy atom. The van der Waals surface area contributed by atoms with Gasteiger partial charge in [-0.05, 0) is 26.0 Å². The van der Waals surface area contributed by atoms with Crippen molar-refractivity contribution in [2.75, 3.05) is 6.54 Å². The third-order valence-electron chi connectivity index (χ3n) is 2.70. The molecule has 0 bridgehead atoms. The van der Waals surface area contributed by atoms with E-state index in [-0.39, 0.29) is 5.56 Å². The molecule has 0 radical (unpaired) electrons. The van der Waals surface area contributed by atoms with Crippen LogP contribution >= 0.6 is 0 Å². The third-order valence-corrected chi connectivity index (χ3v) is 2.70. The van der Waals surface area contributed by atoms with E-state index in [4.69, 9.17) is 0 Å². The van der Waals surface area contributed by atoms with Crippen molar-refractivity contribution in [3.63, 3.8) is 0 Å². The topological polar surface area (TPSA) is 32.3 Å². The molecule has 17 heavy (non-hydrogen) atoms. The number of rotatable bonds is 5. The van der Waals surface area contributed by atoms with Crippen molar-refractivity contribution in [1.82, 2.24) is 5.32 Å². The van der Waals surface area contributed by atoms with E-state index >= 15 is 0 Å². The molecule has 0 fully saturated rings. The van der Waals surface area contributed by atoms with Crippen LogP contribution in [0, 0.1) is 11.6 Å². The molecule has 4 heteroatoms. The van der Waals surface area contributed by atoms with Crippen LogP contribution in [0.3, 0.4) is 0 Å². The number of halogens is 2. The lowest BCUT2D eigenvalue weighted by molar-refractivity contribution is 0.0431. The summed E-state index contributed by atoms with van der Waals surface area (Å²) in [6.45, 7) is 6.00. The zero-order valence-corrected chi connectivity index (χ0v) is 10.4. The second-order valence-corrected chi connectivity index (χ2v) is 4.73. The lowest BCUT2D eigenvalue weighted by Crippen LogP contribution is -2.32. The maximum absolute atomic E-state index is 13.5. The Morgan fingerprint density at radius 2 is 2.00 bits per heavy atom. The van der Waals surface area contributed by atoms with Crippen LogP contribution in [0.15, 0.2) is 18.2 Å². The lowest BCUT2D eigenvalue weighted by atomic mass is 9.92. The number of hydrogen-bond donors (Lipinski definition) is 2. The Balaban J connectivity index is 2.78. The minimum atomic E-state index is -1.37. The van der Waals surface area contributed by atoms with Crippen LogP contribution in [-0.4, -0.2) is 17.7 Å². The fourth-order valence-corrected chi connectivity index (χ4v) is 1.66. The molecule has 0 aliphatic carbocycles. The van der Waals surface area contributed by atoms with E-state index in [1.165, 1.54) is 19.1 Å². The van der Waals surface area contributed by atoms with E-state index < -0.39 is 17.2 Å². The van der Waals surface area contributed by atoms with Crippen LogP contribution in [0.4, 0.5) is 8.78 Å². The van der Waals surface area contributed by atoms with Gasteiger partial charge in [-0.25, -0.2) is 8.78 Å². The van der Waals surface area contributed by atoms with Gasteiger partial charge >= 0.3 is 0 Å². The van der Waals surface area contributed by atoms with Gasteiger partial charge in [0, 0.05) is 11.6 Å². The molecule has 0 heterocycles. The quantitative estimate of drug-likeness (QED) is 0.833. The molecular formula is C13H19F2NO. The Labute approximate surface area is 101 Å². The molecule has 1 aromatic carbocycles. The van der Waals surface area contributed by atoms with Crippen molar-refractivity contribution in [3.05, 3.63) is 35.4 Å². The molecule has 1 unspecified atom stereocenters. The van der Waals surface area contributed by atoms with Crippen LogP contribution in [-0.2, 0) is 5.60 Å². The summed E-state index contributed by atoms with van der Waals surface area (Å²) < 4.78 is 26.6. The fourth-order valence-electron chi connectivity index (χ4n) is 1.66. The second-order valence-electron chi connectivity index (χ2n) is 4.73. The van der Waals surface area contributed by atoms with Crippen LogP contribution < -0.4 is 5.32 Å². The minimum Gasteiger partial charge on any atom is -0.385 e. The smallest absolute Gasteiger partial charge is 0.164 e. The first-order valence-electron chi connectivity index (χ1n) is 5.75. The van der Waals surface area contributed by atoms with E-state index in [2.05, 4.69) is 5.32 Å². The Bertz CT molecular complexity index is 378. The van der Waals surface area contributed by atoms with Gasteiger partial charge in [-0.1, -0.05) is 26.0 Å². The number of benzene rings is 1. The number of nitrogens with one attached hydrogen (secondary N) is 1. The SMILES string of the molecule is CC(C)NCCC(C)(O)c1cccc(F)c1F. The molecule has 1 aromatic rings. The highest BCUT2D eigenvalue weighted by Gasteiger charge is 2.27. The van der Waals surface area contributed by atoms with Crippen LogP contribution in [0.5, 0.6) is 0 Å². The first kappa shape index (κ1) is 14.1. The summed E-state index contributed by atoms with van der Waals surface area (Å²) in [5.41, 5.74) is -1.36. The summed E-state index contributed by atoms with van der Waals surface area (Å²) in [7, 11) is 0. The van der Waals surface area contributed by atoms with E-state index in [0.717, 1.165) is 6.07 Å². The second kappa shape index (κ2) is 5.56. The normalized spacial score (nSPS) is 15.0. The third kappa shape index (κ3) is 3.75. The van der Waals surface area contributed by atoms with Crippen molar-refractivity contribution < 1.29 is 13.9 Å². The van der Waals surface area contributed by atoms with E-state index in [9.17, 15) is 13.9 Å². The summed E-state index contributed by atoms with van der Waals surface area (Å²) >= 11 is 0. The molecular weight excluding hydrogens is 224 g/mol. The van der Waals surface area contributed by atoms with Crippen LogP contribution in [0.1, 0.15) is 32.8 Å². The van der Waals surface area contributed by atoms with Gasteiger partial charge in [-0.15, -0.1) is 0 Å². The van der Waals surface area contributed by atoms with E-state index in [1.807, 2.05) is 13.8 Å². The van der Waals surface area contributed by atoms with Gasteiger partial charge in [-0.2, -0.15) is 0 Å². The van der Waals surface area contributed by atoms with Gasteiger partial charge in [0.05, 0.1) is 5.60 Å². The fraction of sp³-hybridized carbons (Fsp3) is 0.538. The monoisotopic (exact) mass is 243 g/mol. The molecule has 2 N–H and O–H groups in total. The van der Waals surface area contributed by atoms with Crippen molar-refractivity contribution >= 4 is 0 Å². The first-order chi connectivity index (χ1) is 7.84. The number of hydrogen-bond acceptors (Lipinski definition) is 2. The molecule has 1 rings (SSSR count). The lowest BCUT2D eigenvalue weighted by Gasteiger charge is -2.25. The van der Waals surface area contributed by atoms with Crippen LogP contribution in [0.25, 0.3) is 0 Å². The summed E-state index contributed by atoms with van der Waals surface area (Å²) in [6, 6.07) is 4.15. The molecule has 0 aliphatic rings. The Hall–Kier alpha value is -1.00. The zero-order valence-electron chi connectivity index (χ0n) is 10.4. The molecule has 0 saturated carbocycles. The molecule has 1 atom stereocenters. The molecule has 96 valence electrons. The molecule has 0 spiro atoms. The molecule has 0 amide bonds. The molecule has 0 aromatic heterocycles. The largest absolute Gasteiger partial charge is 0.385 e. The van der Waals surface area contributed by atoms with Gasteiger partial charge < -0.3 is 10.4 Å². The predicted octanol–water partition coefficient (Wildman–Crippen LogP) is 2.56. The standard InChI is InChI=1S/C13H19F2NO/c1-9(2)16-8-7-13(3,17)10-5-4-6-11(14)12(10)15/h4-6,9,16-17H,7-8H2,1-3H3. The van der Waals surface area contributed by atoms with Gasteiger partial charge in [0.2, 0.25) is 0 Å². The van der Waals surface area contributed by atoms with Gasteiger partial charge in [0.15, 0.2) is 11.6 Å². The molecule has 0 saturated heterocycles. The highest BCUT2D eigenvalue weighted by Crippen LogP contribution is 2.27. The Kier molecular flexibility index (Phi) is 4.60. The summed E-state index contributed by atoms with van der Waals surface area (Å²) in [5.74, 6) is -1.90. The van der Waals surface area contributed by atoms with E-state index in [1.54, 1.807) is 0 Å². The Morgan fingerprint density at radius 3 is 2.59 bits per heavy atom. The molecule has 2 nitrogen and oxygen atoms in total. The number of aliphatic hydroxyl groups is 1. The highest BCUT2D eigenvalue weighted by atomic mass is 19.2. The summed E-state index contributed by atoms with van der Waals surface area (Å²) in [4.78, 5) is 0. The van der Waals surface area contributed by atoms with E-state index in [0.29, 0.717) is 19.0 Å². The van der Waals surface area contributed by atoms with Crippen molar-refractivity contribution in [1.29, 1.82) is 0 Å². The maximum atomic E-state index is 13.5. The van der Waals surface area contributed by atoms with Gasteiger partial charge in [0.1, 0.15) is 0 Å². The first-order valence-corrected chi connectivity index (χ1v) is 5.75.